The summed E-state index contributed by atoms with van der Waals surface area (Å²) < 4.78 is 0.465. The molecule has 3 aromatic rings. The third-order valence-electron chi connectivity index (χ3n) is 4.44. The first-order valence-electron chi connectivity index (χ1n) is 9.21. The van der Waals surface area contributed by atoms with E-state index < -0.39 is 5.91 Å². The van der Waals surface area contributed by atoms with Crippen LogP contribution in [0.25, 0.3) is 10.8 Å². The van der Waals surface area contributed by atoms with Crippen LogP contribution in [-0.4, -0.2) is 41.2 Å². The fraction of sp³-hybridized carbons (Fsp3) is 0.136. The Labute approximate surface area is 195 Å². The molecule has 9 heteroatoms. The van der Waals surface area contributed by atoms with Crippen molar-refractivity contribution in [1.82, 2.24) is 5.43 Å². The molecular weight excluding hydrogens is 530 g/mol. The number of nitrogens with zero attached hydrogens (tertiary/aromatic N) is 2. The fourth-order valence-corrected chi connectivity index (χ4v) is 4.13. The van der Waals surface area contributed by atoms with E-state index in [9.17, 15) is 19.8 Å². The van der Waals surface area contributed by atoms with Gasteiger partial charge in [0.2, 0.25) is 0 Å². The SMILES string of the molecule is CC(=O)CN(CC(=O)N/N=C/c1cc(Br)c(O)c(Br)c1O)c1ccc2ccccc2c1. The van der Waals surface area contributed by atoms with Gasteiger partial charge < -0.3 is 15.1 Å². The third kappa shape index (κ3) is 5.62. The molecule has 7 nitrogen and oxygen atoms in total. The normalized spacial score (nSPS) is 11.1. The van der Waals surface area contributed by atoms with Gasteiger partial charge in [-0.2, -0.15) is 5.10 Å². The summed E-state index contributed by atoms with van der Waals surface area (Å²) in [4.78, 5) is 25.8. The molecule has 0 aromatic heterocycles. The van der Waals surface area contributed by atoms with E-state index in [1.807, 2.05) is 42.5 Å². The molecule has 3 N–H and O–H groups in total. The number of aromatic hydroxyl groups is 2. The molecule has 0 atom stereocenters. The van der Waals surface area contributed by atoms with E-state index in [-0.39, 0.29) is 40.4 Å². The van der Waals surface area contributed by atoms with Crippen LogP contribution >= 0.6 is 31.9 Å². The summed E-state index contributed by atoms with van der Waals surface area (Å²) in [6.45, 7) is 1.46. The number of benzene rings is 3. The Morgan fingerprint density at radius 3 is 2.45 bits per heavy atom. The topological polar surface area (TPSA) is 102 Å². The number of carbonyl (C=O) groups excluding carboxylic acids is 2. The summed E-state index contributed by atoms with van der Waals surface area (Å²) in [5.41, 5.74) is 3.43. The van der Waals surface area contributed by atoms with Crippen LogP contribution in [0.4, 0.5) is 5.69 Å². The average molecular weight is 549 g/mol. The Morgan fingerprint density at radius 1 is 1.03 bits per heavy atom. The molecule has 31 heavy (non-hydrogen) atoms. The van der Waals surface area contributed by atoms with Gasteiger partial charge in [0.05, 0.1) is 23.8 Å². The summed E-state index contributed by atoms with van der Waals surface area (Å²) in [5.74, 6) is -0.864. The number of hydrogen-bond donors (Lipinski definition) is 3. The zero-order valence-electron chi connectivity index (χ0n) is 16.5. The lowest BCUT2D eigenvalue weighted by atomic mass is 10.1. The largest absolute Gasteiger partial charge is 0.506 e. The van der Waals surface area contributed by atoms with E-state index in [0.717, 1.165) is 16.5 Å². The molecule has 3 rings (SSSR count). The number of phenolic OH excluding ortho intramolecular Hbond substituents is 2. The number of amides is 1. The highest BCUT2D eigenvalue weighted by Crippen LogP contribution is 2.40. The highest BCUT2D eigenvalue weighted by Gasteiger charge is 2.15. The van der Waals surface area contributed by atoms with Crippen molar-refractivity contribution in [2.75, 3.05) is 18.0 Å². The monoisotopic (exact) mass is 547 g/mol. The van der Waals surface area contributed by atoms with Gasteiger partial charge in [-0.05, 0) is 67.8 Å². The summed E-state index contributed by atoms with van der Waals surface area (Å²) in [6.07, 6.45) is 1.26. The maximum Gasteiger partial charge on any atom is 0.259 e. The third-order valence-corrected chi connectivity index (χ3v) is 5.79. The molecule has 3 aromatic carbocycles. The number of carbonyl (C=O) groups is 2. The van der Waals surface area contributed by atoms with Crippen molar-refractivity contribution in [3.8, 4) is 11.5 Å². The lowest BCUT2D eigenvalue weighted by molar-refractivity contribution is -0.119. The van der Waals surface area contributed by atoms with Crippen LogP contribution in [0.1, 0.15) is 12.5 Å². The minimum absolute atomic E-state index is 0.0758. The average Bonchev–Trinajstić information content (AvgIpc) is 2.74. The van der Waals surface area contributed by atoms with Crippen LogP contribution < -0.4 is 10.3 Å². The van der Waals surface area contributed by atoms with E-state index in [2.05, 4.69) is 42.4 Å². The lowest BCUT2D eigenvalue weighted by Crippen LogP contribution is -2.38. The van der Waals surface area contributed by atoms with Gasteiger partial charge in [-0.1, -0.05) is 30.3 Å². The molecule has 0 saturated heterocycles. The van der Waals surface area contributed by atoms with Crippen LogP contribution in [0.5, 0.6) is 11.5 Å². The Kier molecular flexibility index (Phi) is 7.29. The number of nitrogens with one attached hydrogen (secondary N) is 1. The number of phenols is 2. The molecule has 0 aliphatic heterocycles. The van der Waals surface area contributed by atoms with Crippen LogP contribution in [0.15, 0.2) is 62.6 Å². The predicted molar refractivity (Wildman–Crippen MR) is 128 cm³/mol. The number of halogens is 2. The molecule has 0 unspecified atom stereocenters. The van der Waals surface area contributed by atoms with Crippen LogP contribution in [0.2, 0.25) is 0 Å². The van der Waals surface area contributed by atoms with Gasteiger partial charge in [0.15, 0.2) is 0 Å². The van der Waals surface area contributed by atoms with Gasteiger partial charge in [-0.25, -0.2) is 5.43 Å². The Morgan fingerprint density at radius 2 is 1.74 bits per heavy atom. The van der Waals surface area contributed by atoms with E-state index in [1.165, 1.54) is 19.2 Å². The van der Waals surface area contributed by atoms with E-state index >= 15 is 0 Å². The predicted octanol–water partition coefficient (Wildman–Crippen LogP) is 4.32. The van der Waals surface area contributed by atoms with Gasteiger partial charge in [-0.15, -0.1) is 0 Å². The molecule has 0 heterocycles. The minimum atomic E-state index is -0.429. The lowest BCUT2D eigenvalue weighted by Gasteiger charge is -2.23. The summed E-state index contributed by atoms with van der Waals surface area (Å²) in [6, 6.07) is 15.0. The van der Waals surface area contributed by atoms with Gasteiger partial charge in [-0.3, -0.25) is 9.59 Å². The number of anilines is 1. The highest BCUT2D eigenvalue weighted by atomic mass is 79.9. The first kappa shape index (κ1) is 22.8. The second-order valence-electron chi connectivity index (χ2n) is 6.84. The number of Topliss-reactive ketones (excluding diaryl/α,β-unsaturated/α-hetero) is 1. The van der Waals surface area contributed by atoms with Crippen LogP contribution in [-0.2, 0) is 9.59 Å². The van der Waals surface area contributed by atoms with E-state index in [0.29, 0.717) is 4.47 Å². The van der Waals surface area contributed by atoms with Crippen LogP contribution in [0, 0.1) is 0 Å². The van der Waals surface area contributed by atoms with Crippen molar-refractivity contribution < 1.29 is 19.8 Å². The molecule has 1 amide bonds. The molecule has 0 fully saturated rings. The number of ketones is 1. The Bertz CT molecular complexity index is 1180. The van der Waals surface area contributed by atoms with Gasteiger partial charge in [0.25, 0.3) is 5.91 Å². The van der Waals surface area contributed by atoms with Gasteiger partial charge in [0, 0.05) is 11.3 Å². The van der Waals surface area contributed by atoms with Gasteiger partial charge >= 0.3 is 0 Å². The number of hydrazone groups is 1. The molecule has 160 valence electrons. The second kappa shape index (κ2) is 9.93. The van der Waals surface area contributed by atoms with Crippen molar-refractivity contribution >= 4 is 66.2 Å². The van der Waals surface area contributed by atoms with Crippen molar-refractivity contribution in [2.24, 2.45) is 5.10 Å². The van der Waals surface area contributed by atoms with Crippen LogP contribution in [0.3, 0.4) is 0 Å². The van der Waals surface area contributed by atoms with Crippen molar-refractivity contribution in [2.45, 2.75) is 6.92 Å². The minimum Gasteiger partial charge on any atom is -0.506 e. The first-order chi connectivity index (χ1) is 14.8. The van der Waals surface area contributed by atoms with E-state index in [1.54, 1.807) is 4.90 Å². The van der Waals surface area contributed by atoms with E-state index in [4.69, 9.17) is 0 Å². The zero-order valence-corrected chi connectivity index (χ0v) is 19.6. The fourth-order valence-electron chi connectivity index (χ4n) is 2.98. The number of fused-ring (bicyclic) bond motifs is 1. The standard InChI is InChI=1S/C22H19Br2N3O4/c1-13(28)11-27(17-7-6-14-4-2-3-5-15(14)8-17)12-19(29)26-25-10-16-9-18(23)22(31)20(24)21(16)30/h2-10,30-31H,11-12H2,1H3,(H,26,29)/b25-10+. The summed E-state index contributed by atoms with van der Waals surface area (Å²) in [7, 11) is 0. The molecule has 0 saturated carbocycles. The zero-order chi connectivity index (χ0) is 22.5. The highest BCUT2D eigenvalue weighted by molar-refractivity contribution is 9.11. The molecular formula is C22H19Br2N3O4. The first-order valence-corrected chi connectivity index (χ1v) is 10.8. The molecule has 0 aliphatic carbocycles. The summed E-state index contributed by atoms with van der Waals surface area (Å²) in [5, 5.41) is 25.8. The molecule has 0 bridgehead atoms. The molecule has 0 radical (unpaired) electrons. The smallest absolute Gasteiger partial charge is 0.259 e. The van der Waals surface area contributed by atoms with Crippen molar-refractivity contribution in [3.05, 3.63) is 63.0 Å². The van der Waals surface area contributed by atoms with Crippen molar-refractivity contribution in [1.29, 1.82) is 0 Å². The van der Waals surface area contributed by atoms with Crippen molar-refractivity contribution in [3.63, 3.8) is 0 Å². The quantitative estimate of drug-likeness (QED) is 0.301. The Balaban J connectivity index is 1.74. The summed E-state index contributed by atoms with van der Waals surface area (Å²) >= 11 is 6.25. The second-order valence-corrected chi connectivity index (χ2v) is 8.49. The maximum absolute atomic E-state index is 12.4. The van der Waals surface area contributed by atoms with Gasteiger partial charge in [0.1, 0.15) is 21.8 Å². The Hall–Kier alpha value is -2.91. The number of hydrogen-bond acceptors (Lipinski definition) is 6. The molecule has 0 spiro atoms. The molecule has 0 aliphatic rings. The number of rotatable bonds is 7. The maximum atomic E-state index is 12.4.